The molecule has 2 heterocycles. The van der Waals surface area contributed by atoms with Crippen molar-refractivity contribution in [2.75, 3.05) is 7.05 Å². The summed E-state index contributed by atoms with van der Waals surface area (Å²) in [5.74, 6) is -0.388. The molecule has 2 aromatic carbocycles. The van der Waals surface area contributed by atoms with Crippen LogP contribution in [0.3, 0.4) is 0 Å². The molecule has 2 N–H and O–H groups in total. The van der Waals surface area contributed by atoms with Crippen molar-refractivity contribution in [1.82, 2.24) is 15.3 Å². The maximum Gasteiger partial charge on any atom is 0.251 e. The van der Waals surface area contributed by atoms with Gasteiger partial charge in [0.1, 0.15) is 5.82 Å². The predicted octanol–water partition coefficient (Wildman–Crippen LogP) is 4.19. The zero-order chi connectivity index (χ0) is 17.6. The van der Waals surface area contributed by atoms with Crippen molar-refractivity contribution >= 4 is 27.7 Å². The highest BCUT2D eigenvalue weighted by Crippen LogP contribution is 2.30. The molecule has 5 heteroatoms. The van der Waals surface area contributed by atoms with Crippen molar-refractivity contribution in [2.45, 2.75) is 6.92 Å². The lowest BCUT2D eigenvalue weighted by Crippen LogP contribution is -2.18. The van der Waals surface area contributed by atoms with E-state index in [-0.39, 0.29) is 11.7 Å². The van der Waals surface area contributed by atoms with Gasteiger partial charge in [0.25, 0.3) is 5.91 Å². The number of benzene rings is 2. The maximum absolute atomic E-state index is 14.0. The number of nitrogens with one attached hydrogen (secondary N) is 2. The summed E-state index contributed by atoms with van der Waals surface area (Å²) in [7, 11) is 1.60. The number of rotatable bonds is 2. The number of pyridine rings is 1. The number of fused-ring (bicyclic) bond motifs is 2. The molecule has 0 fully saturated rings. The Kier molecular flexibility index (Phi) is 3.50. The number of aromatic amines is 1. The van der Waals surface area contributed by atoms with Crippen molar-refractivity contribution in [2.24, 2.45) is 0 Å². The van der Waals surface area contributed by atoms with Gasteiger partial charge in [-0.1, -0.05) is 6.07 Å². The molecular weight excluding hydrogens is 317 g/mol. The van der Waals surface area contributed by atoms with E-state index in [0.29, 0.717) is 11.1 Å². The molecule has 0 aliphatic rings. The molecule has 25 heavy (non-hydrogen) atoms. The van der Waals surface area contributed by atoms with Crippen LogP contribution in [0, 0.1) is 12.7 Å². The number of carbonyl (C=O) groups excluding carboxylic acids is 1. The van der Waals surface area contributed by atoms with Gasteiger partial charge in [-0.3, -0.25) is 4.79 Å². The Labute approximate surface area is 143 Å². The van der Waals surface area contributed by atoms with Crippen molar-refractivity contribution < 1.29 is 9.18 Å². The zero-order valence-corrected chi connectivity index (χ0v) is 13.9. The summed E-state index contributed by atoms with van der Waals surface area (Å²) >= 11 is 0. The van der Waals surface area contributed by atoms with Crippen molar-refractivity contribution in [3.8, 4) is 11.3 Å². The molecule has 0 bridgehead atoms. The number of halogens is 1. The topological polar surface area (TPSA) is 57.8 Å². The van der Waals surface area contributed by atoms with E-state index in [2.05, 4.69) is 15.3 Å². The van der Waals surface area contributed by atoms with E-state index in [0.717, 1.165) is 33.1 Å². The highest BCUT2D eigenvalue weighted by atomic mass is 19.1. The lowest BCUT2D eigenvalue weighted by Gasteiger charge is -2.07. The lowest BCUT2D eigenvalue weighted by atomic mass is 10.0. The van der Waals surface area contributed by atoms with E-state index in [1.165, 1.54) is 6.07 Å². The minimum atomic E-state index is -0.240. The Hall–Kier alpha value is -3.21. The third-order valence-electron chi connectivity index (χ3n) is 4.44. The summed E-state index contributed by atoms with van der Waals surface area (Å²) in [6, 6.07) is 12.5. The van der Waals surface area contributed by atoms with E-state index in [1.807, 2.05) is 30.5 Å². The van der Waals surface area contributed by atoms with Crippen LogP contribution in [0.4, 0.5) is 4.39 Å². The van der Waals surface area contributed by atoms with Gasteiger partial charge in [0.05, 0.1) is 11.2 Å². The van der Waals surface area contributed by atoms with Crippen LogP contribution in [0.1, 0.15) is 15.9 Å². The fourth-order valence-corrected chi connectivity index (χ4v) is 3.10. The second kappa shape index (κ2) is 5.70. The maximum atomic E-state index is 14.0. The normalized spacial score (nSPS) is 11.2. The van der Waals surface area contributed by atoms with Crippen LogP contribution >= 0.6 is 0 Å². The molecule has 0 spiro atoms. The Morgan fingerprint density at radius 2 is 2.00 bits per heavy atom. The molecule has 1 amide bonds. The number of carbonyl (C=O) groups is 1. The van der Waals surface area contributed by atoms with E-state index in [4.69, 9.17) is 0 Å². The molecule has 124 valence electrons. The highest BCUT2D eigenvalue weighted by Gasteiger charge is 2.13. The van der Waals surface area contributed by atoms with Gasteiger partial charge in [0.15, 0.2) is 0 Å². The lowest BCUT2D eigenvalue weighted by molar-refractivity contribution is 0.0964. The quantitative estimate of drug-likeness (QED) is 0.578. The fourth-order valence-electron chi connectivity index (χ4n) is 3.10. The average Bonchev–Trinajstić information content (AvgIpc) is 3.03. The number of hydrogen-bond donors (Lipinski definition) is 2. The Bertz CT molecular complexity index is 1130. The minimum Gasteiger partial charge on any atom is -0.360 e. The summed E-state index contributed by atoms with van der Waals surface area (Å²) in [4.78, 5) is 19.8. The summed E-state index contributed by atoms with van der Waals surface area (Å²) < 4.78 is 14.0. The van der Waals surface area contributed by atoms with Crippen molar-refractivity contribution in [3.63, 3.8) is 0 Å². The second-order valence-corrected chi connectivity index (χ2v) is 6.00. The minimum absolute atomic E-state index is 0.148. The van der Waals surface area contributed by atoms with Crippen LogP contribution in [0.25, 0.3) is 33.1 Å². The molecular formula is C20H16FN3O. The Balaban J connectivity index is 1.91. The molecule has 0 aliphatic heterocycles. The largest absolute Gasteiger partial charge is 0.360 e. The van der Waals surface area contributed by atoms with Gasteiger partial charge in [-0.15, -0.1) is 0 Å². The number of aryl methyl sites for hydroxylation is 1. The number of hydrogen-bond acceptors (Lipinski definition) is 2. The molecule has 0 aliphatic carbocycles. The Morgan fingerprint density at radius 1 is 1.16 bits per heavy atom. The van der Waals surface area contributed by atoms with Crippen LogP contribution in [0.5, 0.6) is 0 Å². The van der Waals surface area contributed by atoms with Gasteiger partial charge in [-0.05, 0) is 48.9 Å². The van der Waals surface area contributed by atoms with E-state index in [1.54, 1.807) is 26.1 Å². The standard InChI is InChI=1S/C20H16FN3O/c1-11-8-19-14(9-16(11)21)15(10-23-19)18-7-6-12-13(20(25)22-2)4-3-5-17(12)24-18/h3-10,23H,1-2H3,(H,22,25). The van der Waals surface area contributed by atoms with Crippen LogP contribution < -0.4 is 5.32 Å². The molecule has 0 radical (unpaired) electrons. The van der Waals surface area contributed by atoms with Gasteiger partial charge >= 0.3 is 0 Å². The zero-order valence-electron chi connectivity index (χ0n) is 13.9. The smallest absolute Gasteiger partial charge is 0.251 e. The first-order valence-corrected chi connectivity index (χ1v) is 7.98. The number of H-pyrrole nitrogens is 1. The van der Waals surface area contributed by atoms with Crippen molar-refractivity contribution in [1.29, 1.82) is 0 Å². The van der Waals surface area contributed by atoms with Gasteiger partial charge in [-0.25, -0.2) is 9.37 Å². The molecule has 0 saturated heterocycles. The van der Waals surface area contributed by atoms with Gasteiger partial charge < -0.3 is 10.3 Å². The molecule has 0 atom stereocenters. The molecule has 0 unspecified atom stereocenters. The van der Waals surface area contributed by atoms with E-state index < -0.39 is 0 Å². The number of amides is 1. The first kappa shape index (κ1) is 15.3. The second-order valence-electron chi connectivity index (χ2n) is 6.00. The number of nitrogens with zero attached hydrogens (tertiary/aromatic N) is 1. The van der Waals surface area contributed by atoms with Crippen LogP contribution in [-0.4, -0.2) is 22.9 Å². The highest BCUT2D eigenvalue weighted by molar-refractivity contribution is 6.06. The monoisotopic (exact) mass is 333 g/mol. The number of aromatic nitrogens is 2. The molecule has 4 nitrogen and oxygen atoms in total. The SMILES string of the molecule is CNC(=O)c1cccc2nc(-c3c[nH]c4cc(C)c(F)cc34)ccc12. The fraction of sp³-hybridized carbons (Fsp3) is 0.100. The van der Waals surface area contributed by atoms with E-state index in [9.17, 15) is 9.18 Å². The van der Waals surface area contributed by atoms with Crippen LogP contribution in [0.15, 0.2) is 48.7 Å². The summed E-state index contributed by atoms with van der Waals surface area (Å²) in [6.45, 7) is 1.74. The van der Waals surface area contributed by atoms with Gasteiger partial charge in [0, 0.05) is 40.7 Å². The van der Waals surface area contributed by atoms with E-state index >= 15 is 0 Å². The molecule has 2 aromatic heterocycles. The third-order valence-corrected chi connectivity index (χ3v) is 4.44. The van der Waals surface area contributed by atoms with Crippen LogP contribution in [0.2, 0.25) is 0 Å². The van der Waals surface area contributed by atoms with Gasteiger partial charge in [-0.2, -0.15) is 0 Å². The first-order valence-electron chi connectivity index (χ1n) is 7.98. The third kappa shape index (κ3) is 2.45. The average molecular weight is 333 g/mol. The summed E-state index contributed by atoms with van der Waals surface area (Å²) in [5.41, 5.74) is 4.34. The van der Waals surface area contributed by atoms with Crippen LogP contribution in [-0.2, 0) is 0 Å². The molecule has 0 saturated carbocycles. The summed E-state index contributed by atoms with van der Waals surface area (Å²) in [6.07, 6.45) is 1.83. The Morgan fingerprint density at radius 3 is 2.80 bits per heavy atom. The first-order chi connectivity index (χ1) is 12.1. The molecule has 4 rings (SSSR count). The summed E-state index contributed by atoms with van der Waals surface area (Å²) in [5, 5.41) is 4.21. The molecule has 4 aromatic rings. The van der Waals surface area contributed by atoms with Gasteiger partial charge in [0.2, 0.25) is 0 Å². The van der Waals surface area contributed by atoms with Crippen molar-refractivity contribution in [3.05, 3.63) is 65.6 Å². The predicted molar refractivity (Wildman–Crippen MR) is 97.1 cm³/mol.